The number of hydrogen-bond donors (Lipinski definition) is 0. The molecule has 2 heterocycles. The summed E-state index contributed by atoms with van der Waals surface area (Å²) in [5.41, 5.74) is 11.5. The lowest BCUT2D eigenvalue weighted by atomic mass is 9.81. The highest BCUT2D eigenvalue weighted by molar-refractivity contribution is 6.17. The van der Waals surface area contributed by atoms with Crippen molar-refractivity contribution in [2.75, 3.05) is 0 Å². The van der Waals surface area contributed by atoms with Gasteiger partial charge in [0.25, 0.3) is 0 Å². The van der Waals surface area contributed by atoms with Crippen molar-refractivity contribution in [3.63, 3.8) is 0 Å². The van der Waals surface area contributed by atoms with Gasteiger partial charge in [-0.3, -0.25) is 4.57 Å². The molecule has 0 saturated heterocycles. The van der Waals surface area contributed by atoms with Crippen molar-refractivity contribution in [3.8, 4) is 51.0 Å². The molecule has 10 aromatic carbocycles. The molecule has 0 unspecified atom stereocenters. The molecule has 1 aliphatic rings. The molecule has 4 heteroatoms. The van der Waals surface area contributed by atoms with Crippen LogP contribution in [0.2, 0.25) is 0 Å². The lowest BCUT2D eigenvalue weighted by Gasteiger charge is -2.22. The topological polar surface area (TPSA) is 43.6 Å². The number of hydrogen-bond acceptors (Lipinski definition) is 3. The number of rotatable bonds is 4. The number of aromatic nitrogens is 4. The zero-order valence-corrected chi connectivity index (χ0v) is 36.3. The van der Waals surface area contributed by atoms with Gasteiger partial charge in [0.2, 0.25) is 5.95 Å². The first-order valence-corrected chi connectivity index (χ1v) is 22.3. The van der Waals surface area contributed by atoms with Crippen LogP contribution in [0.3, 0.4) is 0 Å². The molecule has 0 N–H and O–H groups in total. The summed E-state index contributed by atoms with van der Waals surface area (Å²) >= 11 is 0. The van der Waals surface area contributed by atoms with E-state index in [-0.39, 0.29) is 5.41 Å². The standard InChI is InChI=1S/C58H38N4.C2H6/c1-58(2)50-29-27-37-14-9-10-19-45(37)53(50)48-28-26-42(33-51(48)58)46-20-11-21-47-49-32-40-17-7-8-18-41(40)34-52(49)62(54(46)47)57-60-55(43-24-22-35-12-3-5-15-38(35)30-43)59-56(61-57)44-25-23-36-13-4-6-16-39(36)31-44;1-2/h3-34H,1-2H3;1-2H3. The molecule has 0 spiro atoms. The molecular formula is C60H44N4. The molecule has 0 amide bonds. The van der Waals surface area contributed by atoms with Gasteiger partial charge >= 0.3 is 0 Å². The Labute approximate surface area is 372 Å². The lowest BCUT2D eigenvalue weighted by Crippen LogP contribution is -2.15. The average Bonchev–Trinajstić information content (AvgIpc) is 3.80. The summed E-state index contributed by atoms with van der Waals surface area (Å²) < 4.78 is 2.30. The summed E-state index contributed by atoms with van der Waals surface area (Å²) in [6, 6.07) is 70.3. The Bertz CT molecular complexity index is 3760. The molecule has 4 nitrogen and oxygen atoms in total. The van der Waals surface area contributed by atoms with Crippen LogP contribution < -0.4 is 0 Å². The highest BCUT2D eigenvalue weighted by atomic mass is 15.2. The number of fused-ring (bicyclic) bond motifs is 11. The van der Waals surface area contributed by atoms with Crippen LogP contribution in [0, 0.1) is 0 Å². The molecule has 1 aliphatic carbocycles. The van der Waals surface area contributed by atoms with Gasteiger partial charge in [-0.1, -0.05) is 191 Å². The Morgan fingerprint density at radius 2 is 0.906 bits per heavy atom. The van der Waals surface area contributed by atoms with Crippen LogP contribution in [0.4, 0.5) is 0 Å². The van der Waals surface area contributed by atoms with Crippen LogP contribution in [0.25, 0.3) is 116 Å². The second-order valence-corrected chi connectivity index (χ2v) is 17.3. The summed E-state index contributed by atoms with van der Waals surface area (Å²) in [5.74, 6) is 1.83. The van der Waals surface area contributed by atoms with Crippen molar-refractivity contribution in [1.29, 1.82) is 0 Å². The molecule has 0 saturated carbocycles. The van der Waals surface area contributed by atoms with Gasteiger partial charge in [0.1, 0.15) is 0 Å². The van der Waals surface area contributed by atoms with E-state index >= 15 is 0 Å². The summed E-state index contributed by atoms with van der Waals surface area (Å²) in [7, 11) is 0. The van der Waals surface area contributed by atoms with Gasteiger partial charge in [0.05, 0.1) is 11.0 Å². The van der Waals surface area contributed by atoms with E-state index in [4.69, 9.17) is 15.0 Å². The zero-order chi connectivity index (χ0) is 43.1. The third-order valence-corrected chi connectivity index (χ3v) is 13.4. The van der Waals surface area contributed by atoms with E-state index in [1.807, 2.05) is 13.8 Å². The molecule has 0 aliphatic heterocycles. The van der Waals surface area contributed by atoms with Crippen LogP contribution >= 0.6 is 0 Å². The molecule has 0 fully saturated rings. The molecular weight excluding hydrogens is 777 g/mol. The number of para-hydroxylation sites is 1. The normalized spacial score (nSPS) is 12.8. The van der Waals surface area contributed by atoms with Crippen LogP contribution in [0.1, 0.15) is 38.8 Å². The molecule has 0 bridgehead atoms. The van der Waals surface area contributed by atoms with E-state index in [1.54, 1.807) is 0 Å². The Kier molecular flexibility index (Phi) is 8.60. The molecule has 0 radical (unpaired) electrons. The molecule has 0 atom stereocenters. The zero-order valence-electron chi connectivity index (χ0n) is 36.3. The van der Waals surface area contributed by atoms with E-state index in [0.717, 1.165) is 60.2 Å². The Morgan fingerprint density at radius 1 is 0.375 bits per heavy atom. The van der Waals surface area contributed by atoms with Crippen molar-refractivity contribution in [1.82, 2.24) is 19.5 Å². The van der Waals surface area contributed by atoms with E-state index in [1.165, 1.54) is 49.2 Å². The first kappa shape index (κ1) is 37.8. The van der Waals surface area contributed by atoms with Crippen LogP contribution in [-0.2, 0) is 5.41 Å². The smallest absolute Gasteiger partial charge is 0.238 e. The minimum atomic E-state index is -0.180. The SMILES string of the molecule is CC.CC1(C)c2cc(-c3cccc4c5cc6ccccc6cc5n(-c5nc(-c6ccc7ccccc7c6)nc(-c6ccc7ccccc7c6)n5)c34)ccc2-c2c1ccc1ccccc21. The summed E-state index contributed by atoms with van der Waals surface area (Å²) in [5, 5.41) is 11.9. The fourth-order valence-corrected chi connectivity index (χ4v) is 10.2. The van der Waals surface area contributed by atoms with Crippen molar-refractivity contribution in [2.45, 2.75) is 33.1 Å². The Morgan fingerprint density at radius 3 is 1.56 bits per heavy atom. The van der Waals surface area contributed by atoms with E-state index in [0.29, 0.717) is 17.6 Å². The fourth-order valence-electron chi connectivity index (χ4n) is 10.2. The average molecular weight is 821 g/mol. The van der Waals surface area contributed by atoms with Gasteiger partial charge in [-0.05, 0) is 101 Å². The summed E-state index contributed by atoms with van der Waals surface area (Å²) in [6.45, 7) is 8.74. The third-order valence-electron chi connectivity index (χ3n) is 13.4. The van der Waals surface area contributed by atoms with Gasteiger partial charge in [0, 0.05) is 32.9 Å². The first-order chi connectivity index (χ1) is 31.5. The molecule has 13 rings (SSSR count). The number of benzene rings is 10. The van der Waals surface area contributed by atoms with E-state index < -0.39 is 0 Å². The van der Waals surface area contributed by atoms with Crippen molar-refractivity contribution in [2.24, 2.45) is 0 Å². The van der Waals surface area contributed by atoms with Gasteiger partial charge < -0.3 is 0 Å². The highest BCUT2D eigenvalue weighted by Gasteiger charge is 2.37. The van der Waals surface area contributed by atoms with E-state index in [9.17, 15) is 0 Å². The Hall–Kier alpha value is -7.95. The highest BCUT2D eigenvalue weighted by Crippen LogP contribution is 2.52. The van der Waals surface area contributed by atoms with Gasteiger partial charge in [-0.25, -0.2) is 4.98 Å². The predicted molar refractivity (Wildman–Crippen MR) is 269 cm³/mol. The monoisotopic (exact) mass is 820 g/mol. The maximum atomic E-state index is 5.43. The predicted octanol–water partition coefficient (Wildman–Crippen LogP) is 15.9. The van der Waals surface area contributed by atoms with Gasteiger partial charge in [0.15, 0.2) is 11.6 Å². The first-order valence-electron chi connectivity index (χ1n) is 22.3. The maximum absolute atomic E-state index is 5.43. The van der Waals surface area contributed by atoms with Gasteiger partial charge in [-0.15, -0.1) is 0 Å². The van der Waals surface area contributed by atoms with Crippen molar-refractivity contribution < 1.29 is 0 Å². The second kappa shape index (κ2) is 14.6. The third kappa shape index (κ3) is 5.79. The quantitative estimate of drug-likeness (QED) is 0.178. The Balaban J connectivity index is 0.00000214. The lowest BCUT2D eigenvalue weighted by molar-refractivity contribution is 0.661. The summed E-state index contributed by atoms with van der Waals surface area (Å²) in [6.07, 6.45) is 0. The van der Waals surface area contributed by atoms with Crippen LogP contribution in [0.15, 0.2) is 194 Å². The number of nitrogens with zero attached hydrogens (tertiary/aromatic N) is 4. The fraction of sp³-hybridized carbons (Fsp3) is 0.0833. The van der Waals surface area contributed by atoms with Crippen molar-refractivity contribution >= 4 is 64.9 Å². The van der Waals surface area contributed by atoms with Crippen molar-refractivity contribution in [3.05, 3.63) is 205 Å². The minimum absolute atomic E-state index is 0.180. The largest absolute Gasteiger partial charge is 0.277 e. The molecule has 12 aromatic rings. The maximum Gasteiger partial charge on any atom is 0.238 e. The van der Waals surface area contributed by atoms with Crippen LogP contribution in [-0.4, -0.2) is 19.5 Å². The molecule has 304 valence electrons. The second-order valence-electron chi connectivity index (χ2n) is 17.3. The van der Waals surface area contributed by atoms with Crippen LogP contribution in [0.5, 0.6) is 0 Å². The summed E-state index contributed by atoms with van der Waals surface area (Å²) in [4.78, 5) is 16.1. The van der Waals surface area contributed by atoms with Gasteiger partial charge in [-0.2, -0.15) is 9.97 Å². The van der Waals surface area contributed by atoms with E-state index in [2.05, 4.69) is 213 Å². The molecule has 2 aromatic heterocycles. The molecule has 64 heavy (non-hydrogen) atoms. The minimum Gasteiger partial charge on any atom is -0.277 e.